The zero-order valence-electron chi connectivity index (χ0n) is 14.3. The molecule has 1 heterocycles. The van der Waals surface area contributed by atoms with Crippen LogP contribution in [-0.4, -0.2) is 29.9 Å². The lowest BCUT2D eigenvalue weighted by Crippen LogP contribution is -2.39. The number of methoxy groups -OCH3 is 1. The SMILES string of the molecule is COC(=O)C1(c2ccc(Br)cc2)C2C=CC(=O)N(Cc3ccccc3)C21. The second-order valence-corrected chi connectivity index (χ2v) is 7.56. The van der Waals surface area contributed by atoms with Crippen LogP contribution in [-0.2, 0) is 26.3 Å². The van der Waals surface area contributed by atoms with Crippen LogP contribution in [0.5, 0.6) is 0 Å². The van der Waals surface area contributed by atoms with Gasteiger partial charge in [0.25, 0.3) is 0 Å². The maximum Gasteiger partial charge on any atom is 0.319 e. The van der Waals surface area contributed by atoms with Crippen molar-refractivity contribution in [2.45, 2.75) is 18.0 Å². The Labute approximate surface area is 160 Å². The summed E-state index contributed by atoms with van der Waals surface area (Å²) < 4.78 is 6.11. The number of ether oxygens (including phenoxy) is 1. The maximum atomic E-state index is 12.8. The lowest BCUT2D eigenvalue weighted by molar-refractivity contribution is -0.144. The van der Waals surface area contributed by atoms with E-state index in [1.54, 1.807) is 11.0 Å². The van der Waals surface area contributed by atoms with E-state index in [1.807, 2.05) is 60.7 Å². The minimum absolute atomic E-state index is 0.0713. The second-order valence-electron chi connectivity index (χ2n) is 6.65. The van der Waals surface area contributed by atoms with E-state index in [2.05, 4.69) is 15.9 Å². The van der Waals surface area contributed by atoms with E-state index in [-0.39, 0.29) is 23.8 Å². The summed E-state index contributed by atoms with van der Waals surface area (Å²) in [6.45, 7) is 0.473. The van der Waals surface area contributed by atoms with Crippen molar-refractivity contribution in [3.8, 4) is 0 Å². The first kappa shape index (κ1) is 17.0. The minimum atomic E-state index is -0.840. The lowest BCUT2D eigenvalue weighted by Gasteiger charge is -2.26. The number of hydrogen-bond acceptors (Lipinski definition) is 3. The Hall–Kier alpha value is -2.40. The van der Waals surface area contributed by atoms with Gasteiger partial charge in [0.2, 0.25) is 5.91 Å². The van der Waals surface area contributed by atoms with Crippen molar-refractivity contribution in [1.82, 2.24) is 4.90 Å². The second kappa shape index (κ2) is 6.40. The molecule has 0 radical (unpaired) electrons. The highest BCUT2D eigenvalue weighted by molar-refractivity contribution is 9.10. The molecule has 0 bridgehead atoms. The van der Waals surface area contributed by atoms with Crippen LogP contribution in [0.25, 0.3) is 0 Å². The van der Waals surface area contributed by atoms with E-state index in [0.717, 1.165) is 15.6 Å². The lowest BCUT2D eigenvalue weighted by atomic mass is 9.92. The normalized spacial score (nSPS) is 26.4. The summed E-state index contributed by atoms with van der Waals surface area (Å²) in [5, 5.41) is 0. The number of fused-ring (bicyclic) bond motifs is 1. The molecule has 0 saturated heterocycles. The van der Waals surface area contributed by atoms with E-state index in [4.69, 9.17) is 4.74 Å². The highest BCUT2D eigenvalue weighted by Gasteiger charge is 2.74. The molecule has 1 fully saturated rings. The predicted octanol–water partition coefficient (Wildman–Crippen LogP) is 3.46. The fraction of sp³-hybridized carbons (Fsp3) is 0.238. The molecular weight excluding hydrogens is 394 g/mol. The zero-order chi connectivity index (χ0) is 18.3. The summed E-state index contributed by atoms with van der Waals surface area (Å²) in [4.78, 5) is 27.2. The summed E-state index contributed by atoms with van der Waals surface area (Å²) in [5.41, 5.74) is 1.07. The van der Waals surface area contributed by atoms with Gasteiger partial charge in [-0.1, -0.05) is 64.5 Å². The summed E-state index contributed by atoms with van der Waals surface area (Å²) in [5.74, 6) is -0.442. The highest BCUT2D eigenvalue weighted by Crippen LogP contribution is 2.60. The molecule has 3 unspecified atom stereocenters. The molecule has 4 nitrogen and oxygen atoms in total. The summed E-state index contributed by atoms with van der Waals surface area (Å²) in [7, 11) is 1.40. The maximum absolute atomic E-state index is 12.8. The van der Waals surface area contributed by atoms with Crippen LogP contribution < -0.4 is 0 Å². The Morgan fingerprint density at radius 2 is 1.85 bits per heavy atom. The van der Waals surface area contributed by atoms with Crippen LogP contribution in [0.1, 0.15) is 11.1 Å². The highest BCUT2D eigenvalue weighted by atomic mass is 79.9. The van der Waals surface area contributed by atoms with Gasteiger partial charge in [-0.2, -0.15) is 0 Å². The van der Waals surface area contributed by atoms with Gasteiger partial charge < -0.3 is 9.64 Å². The van der Waals surface area contributed by atoms with Crippen LogP contribution >= 0.6 is 15.9 Å². The molecule has 1 aliphatic heterocycles. The Morgan fingerprint density at radius 3 is 2.50 bits per heavy atom. The Kier molecular flexibility index (Phi) is 4.19. The van der Waals surface area contributed by atoms with Crippen LogP contribution in [0.2, 0.25) is 0 Å². The molecule has 0 N–H and O–H groups in total. The average molecular weight is 412 g/mol. The smallest absolute Gasteiger partial charge is 0.319 e. The summed E-state index contributed by atoms with van der Waals surface area (Å²) in [6, 6.07) is 17.3. The molecule has 5 heteroatoms. The van der Waals surface area contributed by atoms with E-state index in [1.165, 1.54) is 7.11 Å². The first-order chi connectivity index (χ1) is 12.6. The third-order valence-electron chi connectivity index (χ3n) is 5.33. The van der Waals surface area contributed by atoms with Gasteiger partial charge in [0.1, 0.15) is 5.41 Å². The monoisotopic (exact) mass is 411 g/mol. The van der Waals surface area contributed by atoms with E-state index in [0.29, 0.717) is 6.54 Å². The van der Waals surface area contributed by atoms with Gasteiger partial charge >= 0.3 is 5.97 Å². The van der Waals surface area contributed by atoms with Crippen molar-refractivity contribution in [1.29, 1.82) is 0 Å². The van der Waals surface area contributed by atoms with Gasteiger partial charge in [-0.15, -0.1) is 0 Å². The van der Waals surface area contributed by atoms with Crippen molar-refractivity contribution < 1.29 is 14.3 Å². The molecule has 1 saturated carbocycles. The topological polar surface area (TPSA) is 46.6 Å². The molecule has 4 rings (SSSR count). The number of amides is 1. The molecular formula is C21H18BrNO3. The van der Waals surface area contributed by atoms with Crippen molar-refractivity contribution >= 4 is 27.8 Å². The zero-order valence-corrected chi connectivity index (χ0v) is 15.8. The molecule has 2 aliphatic rings. The molecule has 3 atom stereocenters. The van der Waals surface area contributed by atoms with Gasteiger partial charge in [0.15, 0.2) is 0 Å². The predicted molar refractivity (Wildman–Crippen MR) is 101 cm³/mol. The molecule has 2 aromatic rings. The number of esters is 1. The van der Waals surface area contributed by atoms with Crippen molar-refractivity contribution in [2.75, 3.05) is 7.11 Å². The van der Waals surface area contributed by atoms with E-state index >= 15 is 0 Å². The summed E-state index contributed by atoms with van der Waals surface area (Å²) >= 11 is 3.43. The quantitative estimate of drug-likeness (QED) is 0.723. The molecule has 1 amide bonds. The van der Waals surface area contributed by atoms with Crippen molar-refractivity contribution in [3.05, 3.63) is 82.3 Å². The van der Waals surface area contributed by atoms with Crippen LogP contribution in [0.3, 0.4) is 0 Å². The molecule has 26 heavy (non-hydrogen) atoms. The number of rotatable bonds is 4. The van der Waals surface area contributed by atoms with Gasteiger partial charge in [0.05, 0.1) is 13.2 Å². The van der Waals surface area contributed by atoms with Gasteiger partial charge in [-0.3, -0.25) is 9.59 Å². The van der Waals surface area contributed by atoms with Crippen LogP contribution in [0, 0.1) is 5.92 Å². The Morgan fingerprint density at radius 1 is 1.15 bits per heavy atom. The van der Waals surface area contributed by atoms with Crippen LogP contribution in [0.4, 0.5) is 0 Å². The van der Waals surface area contributed by atoms with Crippen molar-refractivity contribution in [3.63, 3.8) is 0 Å². The van der Waals surface area contributed by atoms with E-state index in [9.17, 15) is 9.59 Å². The fourth-order valence-electron chi connectivity index (χ4n) is 4.10. The standard InChI is InChI=1S/C21H18BrNO3/c1-26-20(25)21(15-7-9-16(22)10-8-15)17-11-12-18(24)23(19(17)21)13-14-5-3-2-4-6-14/h2-12,17,19H,13H2,1H3. The summed E-state index contributed by atoms with van der Waals surface area (Å²) in [6.07, 6.45) is 3.43. The largest absolute Gasteiger partial charge is 0.468 e. The Bertz CT molecular complexity index is 878. The minimum Gasteiger partial charge on any atom is -0.468 e. The average Bonchev–Trinajstić information content (AvgIpc) is 3.35. The number of halogens is 1. The number of carbonyl (C=O) groups excluding carboxylic acids is 2. The molecule has 0 aromatic heterocycles. The number of benzene rings is 2. The Balaban J connectivity index is 1.75. The van der Waals surface area contributed by atoms with Gasteiger partial charge in [0, 0.05) is 16.9 Å². The molecule has 0 spiro atoms. The first-order valence-electron chi connectivity index (χ1n) is 8.46. The number of nitrogens with zero attached hydrogens (tertiary/aromatic N) is 1. The molecule has 132 valence electrons. The number of carbonyl (C=O) groups is 2. The fourth-order valence-corrected chi connectivity index (χ4v) is 4.36. The molecule has 1 aliphatic carbocycles. The third kappa shape index (κ3) is 2.50. The number of hydrogen-bond donors (Lipinski definition) is 0. The van der Waals surface area contributed by atoms with E-state index < -0.39 is 5.41 Å². The van der Waals surface area contributed by atoms with Gasteiger partial charge in [-0.25, -0.2) is 0 Å². The third-order valence-corrected chi connectivity index (χ3v) is 5.86. The van der Waals surface area contributed by atoms with Gasteiger partial charge in [-0.05, 0) is 29.3 Å². The van der Waals surface area contributed by atoms with Crippen LogP contribution in [0.15, 0.2) is 71.2 Å². The first-order valence-corrected chi connectivity index (χ1v) is 9.25. The van der Waals surface area contributed by atoms with Crippen molar-refractivity contribution in [2.24, 2.45) is 5.92 Å². The molecule has 2 aromatic carbocycles.